The minimum atomic E-state index is -0.335. The number of ether oxygens (including phenoxy) is 2. The molecular formula is C24H38O4. The fourth-order valence-corrected chi connectivity index (χ4v) is 3.00. The van der Waals surface area contributed by atoms with Gasteiger partial charge >= 0.3 is 11.9 Å². The highest BCUT2D eigenvalue weighted by atomic mass is 16.5. The van der Waals surface area contributed by atoms with Crippen molar-refractivity contribution in [2.24, 2.45) is 0 Å². The molecule has 0 aliphatic carbocycles. The van der Waals surface area contributed by atoms with Gasteiger partial charge in [-0.3, -0.25) is 0 Å². The maximum Gasteiger partial charge on any atom is 0.338 e. The Morgan fingerprint density at radius 1 is 0.571 bits per heavy atom. The lowest BCUT2D eigenvalue weighted by molar-refractivity contribution is 0.0483. The van der Waals surface area contributed by atoms with Crippen LogP contribution in [-0.4, -0.2) is 25.2 Å². The van der Waals surface area contributed by atoms with E-state index < -0.39 is 0 Å². The summed E-state index contributed by atoms with van der Waals surface area (Å²) in [5.74, 6) is -0.666. The minimum absolute atomic E-state index is 0.332. The molecule has 0 bridgehead atoms. The van der Waals surface area contributed by atoms with Gasteiger partial charge in [0.15, 0.2) is 0 Å². The van der Waals surface area contributed by atoms with Crippen LogP contribution in [0.25, 0.3) is 0 Å². The Balaban J connectivity index is 2.20. The number of hydrogen-bond acceptors (Lipinski definition) is 4. The highest BCUT2D eigenvalue weighted by Crippen LogP contribution is 2.10. The van der Waals surface area contributed by atoms with E-state index in [1.165, 1.54) is 51.4 Å². The van der Waals surface area contributed by atoms with E-state index >= 15 is 0 Å². The molecule has 1 rings (SSSR count). The van der Waals surface area contributed by atoms with Crippen LogP contribution in [0, 0.1) is 0 Å². The summed E-state index contributed by atoms with van der Waals surface area (Å²) in [6.45, 7) is 5.29. The molecule has 28 heavy (non-hydrogen) atoms. The van der Waals surface area contributed by atoms with Gasteiger partial charge < -0.3 is 9.47 Å². The summed E-state index contributed by atoms with van der Waals surface area (Å²) in [6, 6.07) is 6.52. The van der Waals surface area contributed by atoms with E-state index in [2.05, 4.69) is 13.8 Å². The van der Waals surface area contributed by atoms with Crippen molar-refractivity contribution in [1.82, 2.24) is 0 Å². The van der Waals surface area contributed by atoms with E-state index in [1.807, 2.05) is 0 Å². The predicted molar refractivity (Wildman–Crippen MR) is 114 cm³/mol. The van der Waals surface area contributed by atoms with Crippen molar-refractivity contribution >= 4 is 11.9 Å². The molecule has 0 saturated heterocycles. The molecule has 0 aromatic heterocycles. The highest BCUT2D eigenvalue weighted by molar-refractivity contribution is 5.93. The first-order chi connectivity index (χ1) is 13.7. The van der Waals surface area contributed by atoms with Crippen molar-refractivity contribution in [2.75, 3.05) is 13.2 Å². The van der Waals surface area contributed by atoms with Crippen molar-refractivity contribution < 1.29 is 19.1 Å². The van der Waals surface area contributed by atoms with E-state index in [-0.39, 0.29) is 11.9 Å². The lowest BCUT2D eigenvalue weighted by Gasteiger charge is -2.07. The second kappa shape index (κ2) is 16.1. The SMILES string of the molecule is CCCCCCCCCOC(=O)c1ccc(C(=O)OCCCCCCC)cc1. The second-order valence-corrected chi connectivity index (χ2v) is 7.38. The Kier molecular flexibility index (Phi) is 14.0. The molecule has 0 N–H and O–H groups in total. The number of unbranched alkanes of at least 4 members (excludes halogenated alkanes) is 10. The van der Waals surface area contributed by atoms with Crippen LogP contribution in [0.1, 0.15) is 112 Å². The molecule has 0 spiro atoms. The lowest BCUT2D eigenvalue weighted by Crippen LogP contribution is -2.09. The van der Waals surface area contributed by atoms with Gasteiger partial charge in [-0.15, -0.1) is 0 Å². The molecule has 0 unspecified atom stereocenters. The van der Waals surface area contributed by atoms with Gasteiger partial charge in [-0.05, 0) is 37.1 Å². The molecule has 1 aromatic rings. The number of rotatable bonds is 16. The molecule has 0 amide bonds. The van der Waals surface area contributed by atoms with Crippen LogP contribution in [0.3, 0.4) is 0 Å². The monoisotopic (exact) mass is 390 g/mol. The third-order valence-electron chi connectivity index (χ3n) is 4.82. The molecular weight excluding hydrogens is 352 g/mol. The van der Waals surface area contributed by atoms with Crippen molar-refractivity contribution in [2.45, 2.75) is 90.9 Å². The number of benzene rings is 1. The van der Waals surface area contributed by atoms with E-state index in [0.29, 0.717) is 24.3 Å². The van der Waals surface area contributed by atoms with Gasteiger partial charge in [0.2, 0.25) is 0 Å². The molecule has 1 aromatic carbocycles. The Morgan fingerprint density at radius 3 is 1.25 bits per heavy atom. The largest absolute Gasteiger partial charge is 0.462 e. The molecule has 0 radical (unpaired) electrons. The van der Waals surface area contributed by atoms with E-state index in [1.54, 1.807) is 24.3 Å². The van der Waals surface area contributed by atoms with Crippen LogP contribution in [0.2, 0.25) is 0 Å². The molecule has 0 aliphatic heterocycles. The normalized spacial score (nSPS) is 10.6. The Labute approximate surface area is 171 Å². The summed E-state index contributed by atoms with van der Waals surface area (Å²) < 4.78 is 10.6. The van der Waals surface area contributed by atoms with Crippen molar-refractivity contribution in [1.29, 1.82) is 0 Å². The van der Waals surface area contributed by atoms with Gasteiger partial charge in [0.1, 0.15) is 0 Å². The topological polar surface area (TPSA) is 52.6 Å². The van der Waals surface area contributed by atoms with Crippen LogP contribution >= 0.6 is 0 Å². The first kappa shape index (κ1) is 24.2. The maximum atomic E-state index is 12.1. The molecule has 0 aliphatic rings. The molecule has 0 fully saturated rings. The van der Waals surface area contributed by atoms with Crippen LogP contribution < -0.4 is 0 Å². The predicted octanol–water partition coefficient (Wildman–Crippen LogP) is 6.72. The van der Waals surface area contributed by atoms with Crippen LogP contribution in [0.15, 0.2) is 24.3 Å². The van der Waals surface area contributed by atoms with Crippen molar-refractivity contribution in [3.63, 3.8) is 0 Å². The van der Waals surface area contributed by atoms with E-state index in [4.69, 9.17) is 9.47 Å². The van der Waals surface area contributed by atoms with Gasteiger partial charge in [-0.2, -0.15) is 0 Å². The number of esters is 2. The third-order valence-corrected chi connectivity index (χ3v) is 4.82. The number of carbonyl (C=O) groups excluding carboxylic acids is 2. The maximum absolute atomic E-state index is 12.1. The van der Waals surface area contributed by atoms with Crippen molar-refractivity contribution in [3.8, 4) is 0 Å². The molecule has 4 heteroatoms. The molecule has 0 saturated carbocycles. The first-order valence-electron chi connectivity index (χ1n) is 11.1. The smallest absolute Gasteiger partial charge is 0.338 e. The van der Waals surface area contributed by atoms with Crippen molar-refractivity contribution in [3.05, 3.63) is 35.4 Å². The Bertz CT molecular complexity index is 536. The summed E-state index contributed by atoms with van der Waals surface area (Å²) in [5.41, 5.74) is 0.941. The minimum Gasteiger partial charge on any atom is -0.462 e. The van der Waals surface area contributed by atoms with Crippen LogP contribution in [-0.2, 0) is 9.47 Å². The summed E-state index contributed by atoms with van der Waals surface area (Å²) in [5, 5.41) is 0. The van der Waals surface area contributed by atoms with E-state index in [9.17, 15) is 9.59 Å². The molecule has 158 valence electrons. The van der Waals surface area contributed by atoms with Gasteiger partial charge in [-0.25, -0.2) is 9.59 Å². The molecule has 0 atom stereocenters. The molecule has 4 nitrogen and oxygen atoms in total. The number of carbonyl (C=O) groups is 2. The standard InChI is InChI=1S/C24H38O4/c1-3-5-7-9-10-12-14-20-28-24(26)22-17-15-21(16-18-22)23(25)27-19-13-11-8-6-4-2/h15-18H,3-14,19-20H2,1-2H3. The quantitative estimate of drug-likeness (QED) is 0.232. The van der Waals surface area contributed by atoms with E-state index in [0.717, 1.165) is 25.7 Å². The van der Waals surface area contributed by atoms with Gasteiger partial charge in [0, 0.05) is 0 Å². The summed E-state index contributed by atoms with van der Waals surface area (Å²) in [7, 11) is 0. The number of hydrogen-bond donors (Lipinski definition) is 0. The lowest BCUT2D eigenvalue weighted by atomic mass is 10.1. The summed E-state index contributed by atoms with van der Waals surface area (Å²) in [6.07, 6.45) is 13.9. The van der Waals surface area contributed by atoms with Crippen LogP contribution in [0.4, 0.5) is 0 Å². The summed E-state index contributed by atoms with van der Waals surface area (Å²) in [4.78, 5) is 24.1. The average Bonchev–Trinajstić information content (AvgIpc) is 2.72. The van der Waals surface area contributed by atoms with Gasteiger partial charge in [0.05, 0.1) is 24.3 Å². The Hall–Kier alpha value is -1.84. The zero-order valence-electron chi connectivity index (χ0n) is 17.8. The van der Waals surface area contributed by atoms with Crippen LogP contribution in [0.5, 0.6) is 0 Å². The zero-order chi connectivity index (χ0) is 20.5. The van der Waals surface area contributed by atoms with Gasteiger partial charge in [-0.1, -0.05) is 78.1 Å². The first-order valence-corrected chi connectivity index (χ1v) is 11.1. The average molecular weight is 391 g/mol. The fourth-order valence-electron chi connectivity index (χ4n) is 3.00. The summed E-state index contributed by atoms with van der Waals surface area (Å²) >= 11 is 0. The fraction of sp³-hybridized carbons (Fsp3) is 0.667. The third kappa shape index (κ3) is 11.1. The Morgan fingerprint density at radius 2 is 0.893 bits per heavy atom. The molecule has 0 heterocycles. The zero-order valence-corrected chi connectivity index (χ0v) is 17.8. The second-order valence-electron chi connectivity index (χ2n) is 7.38. The van der Waals surface area contributed by atoms with Gasteiger partial charge in [0.25, 0.3) is 0 Å². The highest BCUT2D eigenvalue weighted by Gasteiger charge is 2.10.